The largest absolute Gasteiger partial charge is 0.465 e. The number of benzene rings is 1. The molecule has 0 aromatic heterocycles. The van der Waals surface area contributed by atoms with Crippen LogP contribution in [0.25, 0.3) is 0 Å². The molecule has 0 fully saturated rings. The zero-order valence-corrected chi connectivity index (χ0v) is 8.11. The second-order valence-electron chi connectivity index (χ2n) is 3.00. The fourth-order valence-corrected chi connectivity index (χ4v) is 1.13. The highest BCUT2D eigenvalue weighted by molar-refractivity contribution is 5.78. The van der Waals surface area contributed by atoms with E-state index < -0.39 is 17.9 Å². The van der Waals surface area contributed by atoms with Gasteiger partial charge in [-0.25, -0.2) is 4.79 Å². The van der Waals surface area contributed by atoms with Crippen LogP contribution in [0.3, 0.4) is 0 Å². The monoisotopic (exact) mass is 215 g/mol. The van der Waals surface area contributed by atoms with E-state index in [0.29, 0.717) is 0 Å². The van der Waals surface area contributed by atoms with Gasteiger partial charge in [0.1, 0.15) is 6.04 Å². The second kappa shape index (κ2) is 4.35. The van der Waals surface area contributed by atoms with Crippen molar-refractivity contribution in [1.29, 1.82) is 0 Å². The Labute approximate surface area is 85.8 Å². The summed E-state index contributed by atoms with van der Waals surface area (Å²) in [6.07, 6.45) is 0. The normalized spacial score (nSPS) is 13.3. The van der Waals surface area contributed by atoms with Gasteiger partial charge in [-0.1, -0.05) is 30.3 Å². The number of hydrogen-bond donors (Lipinski definition) is 1. The number of esters is 1. The van der Waals surface area contributed by atoms with E-state index in [1.54, 1.807) is 18.2 Å². The number of rotatable bonds is 3. The zero-order chi connectivity index (χ0) is 11.5. The van der Waals surface area contributed by atoms with Gasteiger partial charge in [-0.2, -0.15) is 8.78 Å². The minimum Gasteiger partial charge on any atom is -0.465 e. The lowest BCUT2D eigenvalue weighted by Crippen LogP contribution is -2.41. The van der Waals surface area contributed by atoms with Crippen LogP contribution < -0.4 is 5.73 Å². The van der Waals surface area contributed by atoms with Crippen molar-refractivity contribution in [1.82, 2.24) is 0 Å². The van der Waals surface area contributed by atoms with Gasteiger partial charge >= 0.3 is 11.9 Å². The first-order chi connectivity index (χ1) is 7.00. The molecule has 0 saturated heterocycles. The molecule has 0 aliphatic heterocycles. The van der Waals surface area contributed by atoms with Crippen molar-refractivity contribution < 1.29 is 18.3 Å². The fraction of sp³-hybridized carbons (Fsp3) is 0.300. The lowest BCUT2D eigenvalue weighted by atomic mass is 10.0. The number of ether oxygens (including phenoxy) is 1. The molecule has 1 aromatic carbocycles. The summed E-state index contributed by atoms with van der Waals surface area (Å²) in [6, 6.07) is 5.99. The standard InChI is InChI=1S/C10H11F2NO2/c1-15-9(14)10(11,12)8(13)7-5-3-2-4-6-7/h2-6,8H,13H2,1H3. The highest BCUT2D eigenvalue weighted by atomic mass is 19.3. The number of methoxy groups -OCH3 is 1. The van der Waals surface area contributed by atoms with Crippen LogP contribution in [-0.4, -0.2) is 19.0 Å². The number of hydrogen-bond acceptors (Lipinski definition) is 3. The van der Waals surface area contributed by atoms with Gasteiger partial charge < -0.3 is 10.5 Å². The molecular formula is C10H11F2NO2. The third-order valence-electron chi connectivity index (χ3n) is 2.01. The topological polar surface area (TPSA) is 52.3 Å². The highest BCUT2D eigenvalue weighted by Gasteiger charge is 2.47. The van der Waals surface area contributed by atoms with Gasteiger partial charge in [0.25, 0.3) is 0 Å². The van der Waals surface area contributed by atoms with Gasteiger partial charge in [-0.15, -0.1) is 0 Å². The predicted octanol–water partition coefficient (Wildman–Crippen LogP) is 1.49. The zero-order valence-electron chi connectivity index (χ0n) is 8.11. The number of carbonyl (C=O) groups is 1. The molecular weight excluding hydrogens is 204 g/mol. The maximum absolute atomic E-state index is 13.3. The molecule has 82 valence electrons. The van der Waals surface area contributed by atoms with Crippen LogP contribution in [-0.2, 0) is 9.53 Å². The molecule has 1 atom stereocenters. The molecule has 0 bridgehead atoms. The van der Waals surface area contributed by atoms with E-state index in [9.17, 15) is 13.6 Å². The first kappa shape index (κ1) is 11.6. The minimum absolute atomic E-state index is 0.188. The van der Waals surface area contributed by atoms with Crippen LogP contribution in [0.4, 0.5) is 8.78 Å². The Balaban J connectivity index is 2.94. The number of halogens is 2. The molecule has 15 heavy (non-hydrogen) atoms. The van der Waals surface area contributed by atoms with Gasteiger partial charge in [0.05, 0.1) is 7.11 Å². The van der Waals surface area contributed by atoms with E-state index in [-0.39, 0.29) is 5.56 Å². The Morgan fingerprint density at radius 3 is 2.40 bits per heavy atom. The maximum Gasteiger partial charge on any atom is 0.378 e. The van der Waals surface area contributed by atoms with Crippen LogP contribution in [0.2, 0.25) is 0 Å². The van der Waals surface area contributed by atoms with Gasteiger partial charge in [-0.3, -0.25) is 0 Å². The van der Waals surface area contributed by atoms with E-state index in [0.717, 1.165) is 7.11 Å². The molecule has 1 unspecified atom stereocenters. The Hall–Kier alpha value is -1.49. The van der Waals surface area contributed by atoms with Crippen LogP contribution >= 0.6 is 0 Å². The molecule has 0 heterocycles. The summed E-state index contributed by atoms with van der Waals surface area (Å²) in [5.41, 5.74) is 5.49. The average molecular weight is 215 g/mol. The lowest BCUT2D eigenvalue weighted by molar-refractivity contribution is -0.172. The average Bonchev–Trinajstić information content (AvgIpc) is 2.28. The quantitative estimate of drug-likeness (QED) is 0.777. The first-order valence-electron chi connectivity index (χ1n) is 4.27. The third kappa shape index (κ3) is 2.30. The van der Waals surface area contributed by atoms with Crippen molar-refractivity contribution >= 4 is 5.97 Å². The van der Waals surface area contributed by atoms with E-state index in [2.05, 4.69) is 4.74 Å². The number of nitrogens with two attached hydrogens (primary N) is 1. The lowest BCUT2D eigenvalue weighted by Gasteiger charge is -2.20. The third-order valence-corrected chi connectivity index (χ3v) is 2.01. The van der Waals surface area contributed by atoms with E-state index in [1.165, 1.54) is 12.1 Å². The van der Waals surface area contributed by atoms with E-state index in [1.807, 2.05) is 0 Å². The van der Waals surface area contributed by atoms with Gasteiger partial charge in [0.2, 0.25) is 0 Å². The summed E-state index contributed by atoms with van der Waals surface area (Å²) < 4.78 is 30.6. The number of alkyl halides is 2. The van der Waals surface area contributed by atoms with Crippen LogP contribution in [0.1, 0.15) is 11.6 Å². The molecule has 0 aliphatic carbocycles. The van der Waals surface area contributed by atoms with Gasteiger partial charge in [0.15, 0.2) is 0 Å². The van der Waals surface area contributed by atoms with Crippen LogP contribution in [0.5, 0.6) is 0 Å². The molecule has 0 amide bonds. The van der Waals surface area contributed by atoms with E-state index in [4.69, 9.17) is 5.73 Å². The summed E-state index contributed by atoms with van der Waals surface area (Å²) in [5, 5.41) is 0. The van der Waals surface area contributed by atoms with Crippen LogP contribution in [0, 0.1) is 0 Å². The Bertz CT molecular complexity index is 341. The van der Waals surface area contributed by atoms with E-state index >= 15 is 0 Å². The number of carbonyl (C=O) groups excluding carboxylic acids is 1. The maximum atomic E-state index is 13.3. The molecule has 3 nitrogen and oxygen atoms in total. The fourth-order valence-electron chi connectivity index (χ4n) is 1.13. The SMILES string of the molecule is COC(=O)C(F)(F)C(N)c1ccccc1. The molecule has 2 N–H and O–H groups in total. The molecule has 0 spiro atoms. The molecule has 5 heteroatoms. The Morgan fingerprint density at radius 1 is 1.40 bits per heavy atom. The van der Waals surface area contributed by atoms with Crippen molar-refractivity contribution in [2.45, 2.75) is 12.0 Å². The van der Waals surface area contributed by atoms with Crippen LogP contribution in [0.15, 0.2) is 30.3 Å². The Morgan fingerprint density at radius 2 is 1.93 bits per heavy atom. The second-order valence-corrected chi connectivity index (χ2v) is 3.00. The van der Waals surface area contributed by atoms with Crippen molar-refractivity contribution in [3.05, 3.63) is 35.9 Å². The van der Waals surface area contributed by atoms with Gasteiger partial charge in [0, 0.05) is 0 Å². The first-order valence-corrected chi connectivity index (χ1v) is 4.27. The van der Waals surface area contributed by atoms with Gasteiger partial charge in [-0.05, 0) is 5.56 Å². The summed E-state index contributed by atoms with van der Waals surface area (Å²) >= 11 is 0. The summed E-state index contributed by atoms with van der Waals surface area (Å²) in [5.74, 6) is -5.34. The van der Waals surface area contributed by atoms with Crippen molar-refractivity contribution in [2.24, 2.45) is 5.73 Å². The summed E-state index contributed by atoms with van der Waals surface area (Å²) in [6.45, 7) is 0. The smallest absolute Gasteiger partial charge is 0.378 e. The minimum atomic E-state index is -3.71. The Kier molecular flexibility index (Phi) is 3.36. The van der Waals surface area contributed by atoms with Crippen molar-refractivity contribution in [3.63, 3.8) is 0 Å². The predicted molar refractivity (Wildman–Crippen MR) is 50.3 cm³/mol. The molecule has 0 radical (unpaired) electrons. The van der Waals surface area contributed by atoms with Crippen molar-refractivity contribution in [2.75, 3.05) is 7.11 Å². The van der Waals surface area contributed by atoms with Crippen molar-refractivity contribution in [3.8, 4) is 0 Å². The summed E-state index contributed by atoms with van der Waals surface area (Å²) in [7, 11) is 0.897. The molecule has 1 rings (SSSR count). The molecule has 0 saturated carbocycles. The molecule has 1 aromatic rings. The summed E-state index contributed by atoms with van der Waals surface area (Å²) in [4.78, 5) is 10.8. The highest BCUT2D eigenvalue weighted by Crippen LogP contribution is 2.30. The molecule has 0 aliphatic rings.